The highest BCUT2D eigenvalue weighted by atomic mass is 16.3. The molecule has 0 saturated heterocycles. The number of hydrogen-bond acceptors (Lipinski definition) is 1. The molecule has 2 aromatic rings. The van der Waals surface area contributed by atoms with E-state index >= 15 is 0 Å². The normalized spacial score (nSPS) is 15.2. The van der Waals surface area contributed by atoms with Crippen LogP contribution in [0.25, 0.3) is 10.9 Å². The summed E-state index contributed by atoms with van der Waals surface area (Å²) in [5, 5.41) is 11.8. The molecule has 0 aliphatic carbocycles. The maximum absolute atomic E-state index is 10.7. The predicted molar refractivity (Wildman–Crippen MR) is 67.4 cm³/mol. The second-order valence-electron chi connectivity index (χ2n) is 4.38. The zero-order chi connectivity index (χ0) is 11.6. The van der Waals surface area contributed by atoms with Crippen molar-refractivity contribution >= 4 is 10.9 Å². The molecule has 2 N–H and O–H groups in total. The Kier molecular flexibility index (Phi) is 3.01. The van der Waals surface area contributed by atoms with Crippen LogP contribution in [-0.4, -0.2) is 10.1 Å². The third-order valence-corrected chi connectivity index (χ3v) is 3.34. The second kappa shape index (κ2) is 4.30. The molecule has 0 aliphatic heterocycles. The number of aromatic amines is 1. The Hall–Kier alpha value is -1.28. The molecule has 0 aliphatic rings. The Morgan fingerprint density at radius 3 is 2.75 bits per heavy atom. The van der Waals surface area contributed by atoms with Gasteiger partial charge in [0.05, 0.1) is 5.60 Å². The molecule has 0 fully saturated rings. The molecule has 0 saturated carbocycles. The molecule has 2 nitrogen and oxygen atoms in total. The van der Waals surface area contributed by atoms with Gasteiger partial charge in [0.15, 0.2) is 0 Å². The number of H-pyrrole nitrogens is 1. The number of fused-ring (bicyclic) bond motifs is 1. The van der Waals surface area contributed by atoms with E-state index in [1.165, 1.54) is 0 Å². The van der Waals surface area contributed by atoms with E-state index in [1.807, 2.05) is 37.4 Å². The van der Waals surface area contributed by atoms with Gasteiger partial charge in [-0.15, -0.1) is 0 Å². The van der Waals surface area contributed by atoms with Crippen molar-refractivity contribution in [1.29, 1.82) is 0 Å². The van der Waals surface area contributed by atoms with Crippen molar-refractivity contribution in [1.82, 2.24) is 4.98 Å². The molecule has 0 spiro atoms. The van der Waals surface area contributed by atoms with Crippen molar-refractivity contribution in [3.05, 3.63) is 36.0 Å². The molecule has 86 valence electrons. The summed E-state index contributed by atoms with van der Waals surface area (Å²) in [6.07, 6.45) is 4.49. The van der Waals surface area contributed by atoms with Gasteiger partial charge in [-0.3, -0.25) is 0 Å². The van der Waals surface area contributed by atoms with Gasteiger partial charge >= 0.3 is 0 Å². The van der Waals surface area contributed by atoms with E-state index in [0.29, 0.717) is 0 Å². The number of aromatic nitrogens is 1. The van der Waals surface area contributed by atoms with Crippen LogP contribution < -0.4 is 0 Å². The first kappa shape index (κ1) is 11.2. The molecule has 1 unspecified atom stereocenters. The minimum Gasteiger partial charge on any atom is -0.385 e. The third-order valence-electron chi connectivity index (χ3n) is 3.34. The maximum atomic E-state index is 10.7. The standard InChI is InChI=1S/C14H19NO/c1-3-9-14(16,4-2)12-6-5-7-13-11(12)8-10-15-13/h5-8,10,15-16H,3-4,9H2,1-2H3. The Morgan fingerprint density at radius 1 is 1.25 bits per heavy atom. The smallest absolute Gasteiger partial charge is 0.0900 e. The lowest BCUT2D eigenvalue weighted by atomic mass is 9.85. The average molecular weight is 217 g/mol. The van der Waals surface area contributed by atoms with Gasteiger partial charge < -0.3 is 10.1 Å². The SMILES string of the molecule is CCCC(O)(CC)c1cccc2[nH]ccc12. The lowest BCUT2D eigenvalue weighted by Gasteiger charge is -2.27. The number of nitrogens with one attached hydrogen (secondary N) is 1. The van der Waals surface area contributed by atoms with Crippen LogP contribution in [0, 0.1) is 0 Å². The number of aliphatic hydroxyl groups is 1. The summed E-state index contributed by atoms with van der Waals surface area (Å²) in [5.74, 6) is 0. The summed E-state index contributed by atoms with van der Waals surface area (Å²) >= 11 is 0. The Labute approximate surface area is 96.3 Å². The summed E-state index contributed by atoms with van der Waals surface area (Å²) in [6.45, 7) is 4.15. The first-order valence-corrected chi connectivity index (χ1v) is 6.00. The van der Waals surface area contributed by atoms with Crippen LogP contribution in [0.3, 0.4) is 0 Å². The third kappa shape index (κ3) is 1.74. The summed E-state index contributed by atoms with van der Waals surface area (Å²) < 4.78 is 0. The molecular formula is C14H19NO. The van der Waals surface area contributed by atoms with Crippen molar-refractivity contribution in [3.63, 3.8) is 0 Å². The monoisotopic (exact) mass is 217 g/mol. The molecule has 2 heteroatoms. The van der Waals surface area contributed by atoms with Crippen LogP contribution >= 0.6 is 0 Å². The van der Waals surface area contributed by atoms with Crippen molar-refractivity contribution in [2.24, 2.45) is 0 Å². The first-order chi connectivity index (χ1) is 7.71. The molecule has 0 amide bonds. The zero-order valence-corrected chi connectivity index (χ0v) is 9.96. The summed E-state index contributed by atoms with van der Waals surface area (Å²) in [5.41, 5.74) is 1.47. The number of hydrogen-bond donors (Lipinski definition) is 2. The quantitative estimate of drug-likeness (QED) is 0.807. The summed E-state index contributed by atoms with van der Waals surface area (Å²) in [7, 11) is 0. The molecule has 16 heavy (non-hydrogen) atoms. The van der Waals surface area contributed by atoms with Crippen molar-refractivity contribution in [2.75, 3.05) is 0 Å². The highest BCUT2D eigenvalue weighted by molar-refractivity contribution is 5.83. The molecular weight excluding hydrogens is 198 g/mol. The summed E-state index contributed by atoms with van der Waals surface area (Å²) in [6, 6.07) is 8.13. The van der Waals surface area contributed by atoms with Crippen molar-refractivity contribution < 1.29 is 5.11 Å². The van der Waals surface area contributed by atoms with Crippen LogP contribution in [0.2, 0.25) is 0 Å². The molecule has 0 radical (unpaired) electrons. The van der Waals surface area contributed by atoms with E-state index in [1.54, 1.807) is 0 Å². The molecule has 1 aromatic carbocycles. The molecule has 0 bridgehead atoms. The molecule has 1 heterocycles. The van der Waals surface area contributed by atoms with E-state index in [4.69, 9.17) is 0 Å². The van der Waals surface area contributed by atoms with Gasteiger partial charge in [-0.2, -0.15) is 0 Å². The van der Waals surface area contributed by atoms with Gasteiger partial charge in [0.25, 0.3) is 0 Å². The fourth-order valence-corrected chi connectivity index (χ4v) is 2.41. The van der Waals surface area contributed by atoms with E-state index in [2.05, 4.69) is 11.9 Å². The van der Waals surface area contributed by atoms with Gasteiger partial charge in [0, 0.05) is 17.1 Å². The van der Waals surface area contributed by atoms with Crippen molar-refractivity contribution in [2.45, 2.75) is 38.7 Å². The van der Waals surface area contributed by atoms with E-state index in [-0.39, 0.29) is 0 Å². The van der Waals surface area contributed by atoms with Crippen molar-refractivity contribution in [3.8, 4) is 0 Å². The van der Waals surface area contributed by atoms with Crippen LogP contribution in [0.5, 0.6) is 0 Å². The Balaban J connectivity index is 2.56. The highest BCUT2D eigenvalue weighted by Crippen LogP contribution is 2.34. The predicted octanol–water partition coefficient (Wildman–Crippen LogP) is 3.57. The number of rotatable bonds is 4. The first-order valence-electron chi connectivity index (χ1n) is 6.00. The highest BCUT2D eigenvalue weighted by Gasteiger charge is 2.27. The largest absolute Gasteiger partial charge is 0.385 e. The van der Waals surface area contributed by atoms with E-state index in [9.17, 15) is 5.11 Å². The van der Waals surface area contributed by atoms with Gasteiger partial charge in [-0.25, -0.2) is 0 Å². The second-order valence-corrected chi connectivity index (χ2v) is 4.38. The van der Waals surface area contributed by atoms with E-state index < -0.39 is 5.60 Å². The Bertz CT molecular complexity index is 474. The fourth-order valence-electron chi connectivity index (χ4n) is 2.41. The Morgan fingerprint density at radius 2 is 2.06 bits per heavy atom. The zero-order valence-electron chi connectivity index (χ0n) is 9.96. The van der Waals surface area contributed by atoms with Crippen LogP contribution in [-0.2, 0) is 5.60 Å². The molecule has 2 rings (SSSR count). The van der Waals surface area contributed by atoms with Crippen LogP contribution in [0.1, 0.15) is 38.7 Å². The fraction of sp³-hybridized carbons (Fsp3) is 0.429. The lowest BCUT2D eigenvalue weighted by molar-refractivity contribution is 0.0241. The topological polar surface area (TPSA) is 36.0 Å². The molecule has 1 atom stereocenters. The van der Waals surface area contributed by atoms with Gasteiger partial charge in [-0.05, 0) is 30.5 Å². The summed E-state index contributed by atoms with van der Waals surface area (Å²) in [4.78, 5) is 3.19. The van der Waals surface area contributed by atoms with E-state index in [0.717, 1.165) is 35.7 Å². The van der Waals surface area contributed by atoms with Gasteiger partial charge in [-0.1, -0.05) is 32.4 Å². The van der Waals surface area contributed by atoms with Gasteiger partial charge in [0.2, 0.25) is 0 Å². The average Bonchev–Trinajstić information content (AvgIpc) is 2.76. The lowest BCUT2D eigenvalue weighted by Crippen LogP contribution is -2.24. The maximum Gasteiger partial charge on any atom is 0.0900 e. The van der Waals surface area contributed by atoms with Gasteiger partial charge in [0.1, 0.15) is 0 Å². The minimum atomic E-state index is -0.684. The van der Waals surface area contributed by atoms with Crippen LogP contribution in [0.15, 0.2) is 30.5 Å². The minimum absolute atomic E-state index is 0.684. The van der Waals surface area contributed by atoms with Crippen LogP contribution in [0.4, 0.5) is 0 Å². The number of benzene rings is 1. The molecule has 1 aromatic heterocycles.